The number of carbonyl (C=O) groups is 2. The minimum atomic E-state index is -4.97. The highest BCUT2D eigenvalue weighted by molar-refractivity contribution is 9.10. The predicted octanol–water partition coefficient (Wildman–Crippen LogP) is 3.42. The van der Waals surface area contributed by atoms with Crippen molar-refractivity contribution in [3.8, 4) is 0 Å². The summed E-state index contributed by atoms with van der Waals surface area (Å²) in [7, 11) is 0. The number of carbonyl (C=O) groups excluding carboxylic acids is 1. The Morgan fingerprint density at radius 3 is 2.29 bits per heavy atom. The molecule has 1 aromatic carbocycles. The van der Waals surface area contributed by atoms with E-state index in [1.165, 1.54) is 0 Å². The summed E-state index contributed by atoms with van der Waals surface area (Å²) in [4.78, 5) is 21.5. The third-order valence-corrected chi connectivity index (χ3v) is 3.25. The molecular formula is C13H13BrF3NO3. The van der Waals surface area contributed by atoms with E-state index in [2.05, 4.69) is 15.9 Å². The van der Waals surface area contributed by atoms with Crippen LogP contribution in [0.1, 0.15) is 30.9 Å². The van der Waals surface area contributed by atoms with Crippen LogP contribution in [0, 0.1) is 0 Å². The van der Waals surface area contributed by atoms with E-state index < -0.39 is 24.1 Å². The summed E-state index contributed by atoms with van der Waals surface area (Å²) in [5, 5.41) is 10.5. The quantitative estimate of drug-likeness (QED) is 0.809. The van der Waals surface area contributed by atoms with Gasteiger partial charge in [-0.3, -0.25) is 9.59 Å². The molecule has 0 aliphatic heterocycles. The second-order valence-electron chi connectivity index (χ2n) is 4.36. The van der Waals surface area contributed by atoms with E-state index in [1.807, 2.05) is 5.32 Å². The Kier molecular flexibility index (Phi) is 6.19. The molecule has 116 valence electrons. The van der Waals surface area contributed by atoms with Crippen molar-refractivity contribution in [3.05, 3.63) is 34.3 Å². The summed E-state index contributed by atoms with van der Waals surface area (Å²) >= 11 is 3.20. The Morgan fingerprint density at radius 1 is 1.24 bits per heavy atom. The van der Waals surface area contributed by atoms with Gasteiger partial charge in [0.1, 0.15) is 0 Å². The molecule has 0 saturated carbocycles. The highest BCUT2D eigenvalue weighted by Gasteiger charge is 2.39. The second-order valence-corrected chi connectivity index (χ2v) is 5.28. The highest BCUT2D eigenvalue weighted by atomic mass is 79.9. The third-order valence-electron chi connectivity index (χ3n) is 2.72. The van der Waals surface area contributed by atoms with Gasteiger partial charge in [0, 0.05) is 10.9 Å². The van der Waals surface area contributed by atoms with Crippen LogP contribution in [0.5, 0.6) is 0 Å². The fourth-order valence-electron chi connectivity index (χ4n) is 1.71. The van der Waals surface area contributed by atoms with E-state index in [-0.39, 0.29) is 19.3 Å². The van der Waals surface area contributed by atoms with Crippen LogP contribution < -0.4 is 5.32 Å². The molecule has 0 spiro atoms. The molecule has 21 heavy (non-hydrogen) atoms. The van der Waals surface area contributed by atoms with Crippen molar-refractivity contribution >= 4 is 27.8 Å². The van der Waals surface area contributed by atoms with Gasteiger partial charge < -0.3 is 10.4 Å². The average molecular weight is 368 g/mol. The highest BCUT2D eigenvalue weighted by Crippen LogP contribution is 2.24. The largest absolute Gasteiger partial charge is 0.481 e. The minimum absolute atomic E-state index is 0.107. The van der Waals surface area contributed by atoms with Gasteiger partial charge in [-0.15, -0.1) is 0 Å². The van der Waals surface area contributed by atoms with Gasteiger partial charge >= 0.3 is 18.1 Å². The molecule has 1 rings (SSSR count). The zero-order chi connectivity index (χ0) is 16.0. The first-order chi connectivity index (χ1) is 9.70. The minimum Gasteiger partial charge on any atom is -0.481 e. The van der Waals surface area contributed by atoms with Crippen LogP contribution in [0.3, 0.4) is 0 Å². The second kappa shape index (κ2) is 7.44. The van der Waals surface area contributed by atoms with Crippen molar-refractivity contribution in [2.75, 3.05) is 0 Å². The fourth-order valence-corrected chi connectivity index (χ4v) is 1.98. The van der Waals surface area contributed by atoms with Gasteiger partial charge in [0.05, 0.1) is 6.04 Å². The maximum Gasteiger partial charge on any atom is 0.471 e. The number of carboxylic acid groups (broad SMARTS) is 1. The van der Waals surface area contributed by atoms with Crippen LogP contribution in [-0.2, 0) is 9.59 Å². The molecule has 4 nitrogen and oxygen atoms in total. The van der Waals surface area contributed by atoms with E-state index >= 15 is 0 Å². The van der Waals surface area contributed by atoms with E-state index in [0.717, 1.165) is 4.47 Å². The number of carboxylic acids is 1. The first-order valence-electron chi connectivity index (χ1n) is 6.05. The summed E-state index contributed by atoms with van der Waals surface area (Å²) in [5.74, 6) is -3.07. The van der Waals surface area contributed by atoms with E-state index in [4.69, 9.17) is 5.11 Å². The van der Waals surface area contributed by atoms with Gasteiger partial charge in [0.2, 0.25) is 0 Å². The molecule has 8 heteroatoms. The summed E-state index contributed by atoms with van der Waals surface area (Å²) in [5.41, 5.74) is 0.487. The topological polar surface area (TPSA) is 66.4 Å². The van der Waals surface area contributed by atoms with Gasteiger partial charge in [-0.2, -0.15) is 13.2 Å². The molecule has 0 aliphatic carbocycles. The van der Waals surface area contributed by atoms with Gasteiger partial charge in [-0.1, -0.05) is 28.1 Å². The van der Waals surface area contributed by atoms with Crippen LogP contribution in [0.25, 0.3) is 0 Å². The van der Waals surface area contributed by atoms with Crippen molar-refractivity contribution in [2.45, 2.75) is 31.5 Å². The molecule has 0 bridgehead atoms. The lowest BCUT2D eigenvalue weighted by atomic mass is 10.0. The van der Waals surface area contributed by atoms with Crippen molar-refractivity contribution < 1.29 is 27.9 Å². The Bertz CT molecular complexity index is 502. The lowest BCUT2D eigenvalue weighted by Crippen LogP contribution is -2.39. The molecular weight excluding hydrogens is 355 g/mol. The number of amides is 1. The number of rotatable bonds is 6. The van der Waals surface area contributed by atoms with E-state index in [1.54, 1.807) is 24.3 Å². The molecule has 0 aromatic heterocycles. The molecule has 0 heterocycles. The van der Waals surface area contributed by atoms with Crippen LogP contribution in [0.2, 0.25) is 0 Å². The SMILES string of the molecule is O=C(O)CCCC(NC(=O)C(F)(F)F)c1ccc(Br)cc1. The molecule has 1 amide bonds. The summed E-state index contributed by atoms with van der Waals surface area (Å²) in [6.45, 7) is 0. The lowest BCUT2D eigenvalue weighted by molar-refractivity contribution is -0.174. The number of halogens is 4. The van der Waals surface area contributed by atoms with Crippen molar-refractivity contribution in [3.63, 3.8) is 0 Å². The third kappa shape index (κ3) is 6.16. The summed E-state index contributed by atoms with van der Waals surface area (Å²) < 4.78 is 37.7. The summed E-state index contributed by atoms with van der Waals surface area (Å²) in [6.07, 6.45) is -4.88. The maximum absolute atomic E-state index is 12.3. The Morgan fingerprint density at radius 2 is 1.81 bits per heavy atom. The molecule has 0 aliphatic rings. The predicted molar refractivity (Wildman–Crippen MR) is 72.6 cm³/mol. The van der Waals surface area contributed by atoms with Crippen molar-refractivity contribution in [1.29, 1.82) is 0 Å². The first kappa shape index (κ1) is 17.5. The average Bonchev–Trinajstić information content (AvgIpc) is 2.37. The number of benzene rings is 1. The molecule has 2 N–H and O–H groups in total. The number of hydrogen-bond donors (Lipinski definition) is 2. The van der Waals surface area contributed by atoms with Crippen LogP contribution >= 0.6 is 15.9 Å². The van der Waals surface area contributed by atoms with Gasteiger partial charge in [0.15, 0.2) is 0 Å². The van der Waals surface area contributed by atoms with Gasteiger partial charge in [0.25, 0.3) is 0 Å². The Labute approximate surface area is 127 Å². The summed E-state index contributed by atoms with van der Waals surface area (Å²) in [6, 6.07) is 5.54. The lowest BCUT2D eigenvalue weighted by Gasteiger charge is -2.20. The van der Waals surface area contributed by atoms with Crippen LogP contribution in [-0.4, -0.2) is 23.2 Å². The number of alkyl halides is 3. The normalized spacial score (nSPS) is 12.8. The smallest absolute Gasteiger partial charge is 0.471 e. The maximum atomic E-state index is 12.3. The van der Waals surface area contributed by atoms with Gasteiger partial charge in [-0.05, 0) is 30.5 Å². The van der Waals surface area contributed by atoms with Crippen molar-refractivity contribution in [2.24, 2.45) is 0 Å². The van der Waals surface area contributed by atoms with Crippen LogP contribution in [0.15, 0.2) is 28.7 Å². The van der Waals surface area contributed by atoms with Crippen LogP contribution in [0.4, 0.5) is 13.2 Å². The van der Waals surface area contributed by atoms with Gasteiger partial charge in [-0.25, -0.2) is 0 Å². The fraction of sp³-hybridized carbons (Fsp3) is 0.385. The molecule has 0 fully saturated rings. The Hall–Kier alpha value is -1.57. The molecule has 1 unspecified atom stereocenters. The number of aliphatic carboxylic acids is 1. The number of nitrogens with one attached hydrogen (secondary N) is 1. The molecule has 0 saturated heterocycles. The van der Waals surface area contributed by atoms with E-state index in [0.29, 0.717) is 5.56 Å². The standard InChI is InChI=1S/C13H13BrF3NO3/c14-9-6-4-8(5-7-9)10(2-1-3-11(19)20)18-12(21)13(15,16)17/h4-7,10H,1-3H2,(H,18,21)(H,19,20). The molecule has 0 radical (unpaired) electrons. The Balaban J connectivity index is 2.81. The zero-order valence-corrected chi connectivity index (χ0v) is 12.4. The number of hydrogen-bond acceptors (Lipinski definition) is 2. The molecule has 1 aromatic rings. The zero-order valence-electron chi connectivity index (χ0n) is 10.8. The molecule has 1 atom stereocenters. The van der Waals surface area contributed by atoms with E-state index in [9.17, 15) is 22.8 Å². The van der Waals surface area contributed by atoms with Crippen molar-refractivity contribution in [1.82, 2.24) is 5.32 Å². The monoisotopic (exact) mass is 367 g/mol. The first-order valence-corrected chi connectivity index (χ1v) is 6.84.